The first-order valence-corrected chi connectivity index (χ1v) is 9.46. The van der Waals surface area contributed by atoms with Crippen molar-refractivity contribution in [3.05, 3.63) is 65.7 Å². The number of amides is 2. The van der Waals surface area contributed by atoms with Crippen LogP contribution in [0.5, 0.6) is 5.75 Å². The fourth-order valence-corrected chi connectivity index (χ4v) is 2.57. The lowest BCUT2D eigenvalue weighted by Gasteiger charge is -2.18. The van der Waals surface area contributed by atoms with Crippen molar-refractivity contribution in [2.24, 2.45) is 0 Å². The summed E-state index contributed by atoms with van der Waals surface area (Å²) in [5.74, 6) is -0.861. The molecule has 0 aliphatic carbocycles. The first-order valence-electron chi connectivity index (χ1n) is 9.46. The summed E-state index contributed by atoms with van der Waals surface area (Å²) in [6.45, 7) is 5.40. The van der Waals surface area contributed by atoms with Gasteiger partial charge in [0.25, 0.3) is 11.8 Å². The molecule has 154 valence electrons. The lowest BCUT2D eigenvalue weighted by molar-refractivity contribution is -0.154. The third-order valence-corrected chi connectivity index (χ3v) is 4.16. The number of hydrogen-bond acceptors (Lipinski definition) is 5. The molecular formula is C22H26N2O5. The molecule has 2 atom stereocenters. The molecule has 2 rings (SSSR count). The highest BCUT2D eigenvalue weighted by molar-refractivity contribution is 5.96. The van der Waals surface area contributed by atoms with E-state index >= 15 is 0 Å². The van der Waals surface area contributed by atoms with Crippen molar-refractivity contribution >= 4 is 17.8 Å². The SMILES string of the molecule is CCOc1ccc(C(=O)NCC(=O)OC(C)C(=O)NC(C)c2ccccc2)cc1. The summed E-state index contributed by atoms with van der Waals surface area (Å²) in [5.41, 5.74) is 1.34. The molecule has 7 heteroatoms. The lowest BCUT2D eigenvalue weighted by atomic mass is 10.1. The average molecular weight is 398 g/mol. The van der Waals surface area contributed by atoms with E-state index in [4.69, 9.17) is 9.47 Å². The number of carbonyl (C=O) groups excluding carboxylic acids is 3. The quantitative estimate of drug-likeness (QED) is 0.634. The minimum absolute atomic E-state index is 0.218. The van der Waals surface area contributed by atoms with Crippen LogP contribution in [-0.4, -0.2) is 37.0 Å². The van der Waals surface area contributed by atoms with Crippen molar-refractivity contribution < 1.29 is 23.9 Å². The molecule has 0 saturated carbocycles. The predicted octanol–water partition coefficient (Wildman–Crippen LogP) is 2.62. The van der Waals surface area contributed by atoms with Crippen LogP contribution in [0.2, 0.25) is 0 Å². The molecule has 0 saturated heterocycles. The second-order valence-corrected chi connectivity index (χ2v) is 6.41. The van der Waals surface area contributed by atoms with Crippen LogP contribution in [0.1, 0.15) is 42.7 Å². The number of benzene rings is 2. The third kappa shape index (κ3) is 6.95. The maximum absolute atomic E-state index is 12.2. The van der Waals surface area contributed by atoms with E-state index in [1.165, 1.54) is 6.92 Å². The van der Waals surface area contributed by atoms with E-state index in [1.807, 2.05) is 44.2 Å². The van der Waals surface area contributed by atoms with Gasteiger partial charge in [0.2, 0.25) is 0 Å². The second kappa shape index (κ2) is 10.8. The van der Waals surface area contributed by atoms with Gasteiger partial charge in [-0.25, -0.2) is 0 Å². The summed E-state index contributed by atoms with van der Waals surface area (Å²) in [5, 5.41) is 5.27. The number of ether oxygens (including phenoxy) is 2. The van der Waals surface area contributed by atoms with E-state index in [9.17, 15) is 14.4 Å². The van der Waals surface area contributed by atoms with E-state index in [2.05, 4.69) is 10.6 Å². The van der Waals surface area contributed by atoms with Gasteiger partial charge in [0.05, 0.1) is 12.6 Å². The first kappa shape index (κ1) is 21.9. The topological polar surface area (TPSA) is 93.7 Å². The Morgan fingerprint density at radius 3 is 2.24 bits per heavy atom. The fourth-order valence-electron chi connectivity index (χ4n) is 2.57. The van der Waals surface area contributed by atoms with Gasteiger partial charge < -0.3 is 20.1 Å². The molecule has 2 aromatic carbocycles. The zero-order chi connectivity index (χ0) is 21.2. The Balaban J connectivity index is 1.77. The van der Waals surface area contributed by atoms with Crippen LogP contribution in [0.25, 0.3) is 0 Å². The summed E-state index contributed by atoms with van der Waals surface area (Å²) < 4.78 is 10.4. The van der Waals surface area contributed by atoms with Gasteiger partial charge in [-0.1, -0.05) is 30.3 Å². The molecule has 2 aromatic rings. The van der Waals surface area contributed by atoms with Gasteiger partial charge in [-0.3, -0.25) is 14.4 Å². The molecule has 0 radical (unpaired) electrons. The zero-order valence-corrected chi connectivity index (χ0v) is 16.8. The van der Waals surface area contributed by atoms with E-state index < -0.39 is 23.9 Å². The summed E-state index contributed by atoms with van der Waals surface area (Å²) in [7, 11) is 0. The molecule has 7 nitrogen and oxygen atoms in total. The van der Waals surface area contributed by atoms with Gasteiger partial charge in [-0.2, -0.15) is 0 Å². The maximum Gasteiger partial charge on any atom is 0.326 e. The lowest BCUT2D eigenvalue weighted by Crippen LogP contribution is -2.39. The van der Waals surface area contributed by atoms with Gasteiger partial charge in [0.15, 0.2) is 6.10 Å². The molecule has 2 unspecified atom stereocenters. The molecule has 0 aliphatic heterocycles. The summed E-state index contributed by atoms with van der Waals surface area (Å²) in [6.07, 6.45) is -0.976. The van der Waals surface area contributed by atoms with Crippen LogP contribution < -0.4 is 15.4 Å². The van der Waals surface area contributed by atoms with Crippen molar-refractivity contribution in [3.8, 4) is 5.75 Å². The van der Waals surface area contributed by atoms with Crippen molar-refractivity contribution in [1.82, 2.24) is 10.6 Å². The van der Waals surface area contributed by atoms with E-state index in [1.54, 1.807) is 24.3 Å². The zero-order valence-electron chi connectivity index (χ0n) is 16.8. The third-order valence-electron chi connectivity index (χ3n) is 4.16. The van der Waals surface area contributed by atoms with Crippen molar-refractivity contribution in [1.29, 1.82) is 0 Å². The number of hydrogen-bond donors (Lipinski definition) is 2. The second-order valence-electron chi connectivity index (χ2n) is 6.41. The normalized spacial score (nSPS) is 12.4. The highest BCUT2D eigenvalue weighted by atomic mass is 16.5. The largest absolute Gasteiger partial charge is 0.494 e. The standard InChI is InChI=1S/C22H26N2O5/c1-4-28-19-12-10-18(11-13-19)22(27)23-14-20(25)29-16(3)21(26)24-15(2)17-8-6-5-7-9-17/h5-13,15-16H,4,14H2,1-3H3,(H,23,27)(H,24,26). The fraction of sp³-hybridized carbons (Fsp3) is 0.318. The van der Waals surface area contributed by atoms with Gasteiger partial charge in [-0.05, 0) is 50.6 Å². The predicted molar refractivity (Wildman–Crippen MR) is 108 cm³/mol. The summed E-state index contributed by atoms with van der Waals surface area (Å²) in [6, 6.07) is 15.8. The average Bonchev–Trinajstić information content (AvgIpc) is 2.73. The highest BCUT2D eigenvalue weighted by Crippen LogP contribution is 2.12. The maximum atomic E-state index is 12.2. The van der Waals surface area contributed by atoms with Gasteiger partial charge in [0, 0.05) is 5.56 Å². The molecule has 0 spiro atoms. The van der Waals surface area contributed by atoms with Gasteiger partial charge >= 0.3 is 5.97 Å². The van der Waals surface area contributed by atoms with E-state index in [0.29, 0.717) is 17.9 Å². The van der Waals surface area contributed by atoms with Gasteiger partial charge in [0.1, 0.15) is 12.3 Å². The van der Waals surface area contributed by atoms with Crippen LogP contribution in [0, 0.1) is 0 Å². The number of carbonyl (C=O) groups is 3. The molecule has 0 aliphatic rings. The van der Waals surface area contributed by atoms with Crippen molar-refractivity contribution in [3.63, 3.8) is 0 Å². The first-order chi connectivity index (χ1) is 13.9. The van der Waals surface area contributed by atoms with E-state index in [0.717, 1.165) is 5.56 Å². The number of nitrogens with one attached hydrogen (secondary N) is 2. The van der Waals surface area contributed by atoms with Crippen LogP contribution in [-0.2, 0) is 14.3 Å². The minimum atomic E-state index is -0.976. The van der Waals surface area contributed by atoms with Crippen LogP contribution in [0.4, 0.5) is 0 Å². The minimum Gasteiger partial charge on any atom is -0.494 e. The summed E-state index contributed by atoms with van der Waals surface area (Å²) >= 11 is 0. The monoisotopic (exact) mass is 398 g/mol. The van der Waals surface area contributed by atoms with Crippen LogP contribution >= 0.6 is 0 Å². The summed E-state index contributed by atoms with van der Waals surface area (Å²) in [4.78, 5) is 36.3. The Hall–Kier alpha value is -3.35. The highest BCUT2D eigenvalue weighted by Gasteiger charge is 2.20. The van der Waals surface area contributed by atoms with Crippen LogP contribution in [0.3, 0.4) is 0 Å². The Morgan fingerprint density at radius 2 is 1.62 bits per heavy atom. The molecule has 2 amide bonds. The molecule has 0 bridgehead atoms. The number of esters is 1. The molecule has 2 N–H and O–H groups in total. The number of rotatable bonds is 9. The van der Waals surface area contributed by atoms with Crippen molar-refractivity contribution in [2.45, 2.75) is 32.9 Å². The molecule has 0 heterocycles. The molecule has 0 aromatic heterocycles. The van der Waals surface area contributed by atoms with Gasteiger partial charge in [-0.15, -0.1) is 0 Å². The molecular weight excluding hydrogens is 372 g/mol. The smallest absolute Gasteiger partial charge is 0.326 e. The Morgan fingerprint density at radius 1 is 0.966 bits per heavy atom. The molecule has 0 fully saturated rings. The Labute approximate surface area is 170 Å². The van der Waals surface area contributed by atoms with Crippen molar-refractivity contribution in [2.75, 3.05) is 13.2 Å². The van der Waals surface area contributed by atoms with Crippen LogP contribution in [0.15, 0.2) is 54.6 Å². The Kier molecular flexibility index (Phi) is 8.21. The van der Waals surface area contributed by atoms with E-state index in [-0.39, 0.29) is 12.6 Å². The Bertz CT molecular complexity index is 821. The molecule has 29 heavy (non-hydrogen) atoms.